The first-order valence-electron chi connectivity index (χ1n) is 6.28. The monoisotopic (exact) mass is 330 g/mol. The number of hydrogen-bond donors (Lipinski definition) is 3. The van der Waals surface area contributed by atoms with E-state index in [4.69, 9.17) is 0 Å². The first-order valence-corrected chi connectivity index (χ1v) is 7.23. The normalized spacial score (nSPS) is 12.7. The summed E-state index contributed by atoms with van der Waals surface area (Å²) in [6.45, 7) is 0.00318. The molecule has 0 bridgehead atoms. The number of rotatable bonds is 4. The first kappa shape index (κ1) is 16.3. The molecule has 8 heteroatoms. The first-order chi connectivity index (χ1) is 10.4. The van der Waals surface area contributed by atoms with Crippen molar-refractivity contribution < 1.29 is 23.1 Å². The Balaban J connectivity index is 1.84. The van der Waals surface area contributed by atoms with Gasteiger partial charge in [-0.3, -0.25) is 0 Å². The smallest absolute Gasteiger partial charge is 0.387 e. The van der Waals surface area contributed by atoms with E-state index in [1.165, 1.54) is 11.3 Å². The largest absolute Gasteiger partial charge is 0.416 e. The number of anilines is 1. The molecule has 0 unspecified atom stereocenters. The summed E-state index contributed by atoms with van der Waals surface area (Å²) in [4.78, 5) is 11.6. The van der Waals surface area contributed by atoms with Gasteiger partial charge in [-0.1, -0.05) is 0 Å². The van der Waals surface area contributed by atoms with Gasteiger partial charge in [0.2, 0.25) is 0 Å². The van der Waals surface area contributed by atoms with Crippen molar-refractivity contribution in [3.63, 3.8) is 0 Å². The minimum absolute atomic E-state index is 0.00318. The third-order valence-corrected chi connectivity index (χ3v) is 3.56. The number of carbonyl (C=O) groups is 1. The van der Waals surface area contributed by atoms with Crippen LogP contribution in [0.1, 0.15) is 17.2 Å². The Morgan fingerprint density at radius 3 is 2.45 bits per heavy atom. The Hall–Kier alpha value is -2.06. The molecule has 0 spiro atoms. The third kappa shape index (κ3) is 4.47. The van der Waals surface area contributed by atoms with Crippen LogP contribution in [0.25, 0.3) is 0 Å². The summed E-state index contributed by atoms with van der Waals surface area (Å²) in [5, 5.41) is 18.2. The van der Waals surface area contributed by atoms with Crippen LogP contribution in [-0.2, 0) is 6.18 Å². The molecule has 1 atom stereocenters. The van der Waals surface area contributed by atoms with Gasteiger partial charge < -0.3 is 15.7 Å². The highest BCUT2D eigenvalue weighted by Crippen LogP contribution is 2.29. The second kappa shape index (κ2) is 6.80. The molecule has 118 valence electrons. The molecule has 1 heterocycles. The van der Waals surface area contributed by atoms with E-state index in [2.05, 4.69) is 10.6 Å². The highest BCUT2D eigenvalue weighted by Gasteiger charge is 2.29. The predicted molar refractivity (Wildman–Crippen MR) is 77.7 cm³/mol. The standard InChI is InChI=1S/C14H13F3N2O2S/c15-14(16,17)10-1-3-11(4-2-10)19-13(21)18-7-12(20)9-5-6-22-8-9/h1-6,8,12,20H,7H2,(H2,18,19,21)/t12-/m1/s1. The van der Waals surface area contributed by atoms with Crippen LogP contribution in [0.15, 0.2) is 41.1 Å². The predicted octanol–water partition coefficient (Wildman–Crippen LogP) is 3.62. The van der Waals surface area contributed by atoms with Crippen LogP contribution in [0.3, 0.4) is 0 Å². The molecule has 0 fully saturated rings. The second-order valence-corrected chi connectivity index (χ2v) is 5.26. The van der Waals surface area contributed by atoms with Crippen molar-refractivity contribution in [2.75, 3.05) is 11.9 Å². The van der Waals surface area contributed by atoms with Crippen molar-refractivity contribution >= 4 is 23.1 Å². The number of nitrogens with one attached hydrogen (secondary N) is 2. The molecule has 22 heavy (non-hydrogen) atoms. The van der Waals surface area contributed by atoms with Crippen LogP contribution in [0.4, 0.5) is 23.7 Å². The Morgan fingerprint density at radius 2 is 1.91 bits per heavy atom. The van der Waals surface area contributed by atoms with Gasteiger partial charge in [-0.25, -0.2) is 4.79 Å². The number of amides is 2. The maximum Gasteiger partial charge on any atom is 0.416 e. The highest BCUT2D eigenvalue weighted by atomic mass is 32.1. The average molecular weight is 330 g/mol. The fraction of sp³-hybridized carbons (Fsp3) is 0.214. The lowest BCUT2D eigenvalue weighted by molar-refractivity contribution is -0.137. The maximum absolute atomic E-state index is 12.4. The number of urea groups is 1. The minimum Gasteiger partial charge on any atom is -0.387 e. The van der Waals surface area contributed by atoms with Crippen molar-refractivity contribution in [2.24, 2.45) is 0 Å². The van der Waals surface area contributed by atoms with Crippen LogP contribution in [-0.4, -0.2) is 17.7 Å². The molecular weight excluding hydrogens is 317 g/mol. The van der Waals surface area contributed by atoms with Gasteiger partial charge in [0.05, 0.1) is 11.7 Å². The Bertz CT molecular complexity index is 612. The van der Waals surface area contributed by atoms with Gasteiger partial charge in [0.15, 0.2) is 0 Å². The summed E-state index contributed by atoms with van der Waals surface area (Å²) in [6, 6.07) is 5.24. The van der Waals surface area contributed by atoms with E-state index in [1.54, 1.807) is 16.8 Å². The molecule has 0 radical (unpaired) electrons. The number of aliphatic hydroxyl groups excluding tert-OH is 1. The van der Waals surface area contributed by atoms with Gasteiger partial charge in [0.25, 0.3) is 0 Å². The summed E-state index contributed by atoms with van der Waals surface area (Å²) in [7, 11) is 0. The number of benzene rings is 1. The third-order valence-electron chi connectivity index (χ3n) is 2.85. The minimum atomic E-state index is -4.41. The van der Waals surface area contributed by atoms with Crippen molar-refractivity contribution in [1.29, 1.82) is 0 Å². The lowest BCUT2D eigenvalue weighted by atomic mass is 10.2. The van der Waals surface area contributed by atoms with Gasteiger partial charge in [0.1, 0.15) is 0 Å². The highest BCUT2D eigenvalue weighted by molar-refractivity contribution is 7.07. The van der Waals surface area contributed by atoms with Gasteiger partial charge in [-0.15, -0.1) is 0 Å². The van der Waals surface area contributed by atoms with Gasteiger partial charge in [-0.05, 0) is 46.7 Å². The molecule has 0 aliphatic carbocycles. The van der Waals surface area contributed by atoms with Crippen molar-refractivity contribution in [1.82, 2.24) is 5.32 Å². The van der Waals surface area contributed by atoms with Crippen LogP contribution in [0, 0.1) is 0 Å². The maximum atomic E-state index is 12.4. The number of aliphatic hydroxyl groups is 1. The van der Waals surface area contributed by atoms with Crippen LogP contribution >= 0.6 is 11.3 Å². The van der Waals surface area contributed by atoms with Crippen LogP contribution in [0.2, 0.25) is 0 Å². The number of thiophene rings is 1. The molecule has 4 nitrogen and oxygen atoms in total. The quantitative estimate of drug-likeness (QED) is 0.802. The van der Waals surface area contributed by atoms with E-state index in [9.17, 15) is 23.1 Å². The number of hydrogen-bond acceptors (Lipinski definition) is 3. The zero-order chi connectivity index (χ0) is 16.2. The second-order valence-electron chi connectivity index (χ2n) is 4.48. The molecule has 2 amide bonds. The van der Waals surface area contributed by atoms with Crippen LogP contribution < -0.4 is 10.6 Å². The molecule has 1 aromatic heterocycles. The molecule has 0 aliphatic rings. The van der Waals surface area contributed by atoms with E-state index >= 15 is 0 Å². The van der Waals surface area contributed by atoms with E-state index in [0.29, 0.717) is 5.56 Å². The summed E-state index contributed by atoms with van der Waals surface area (Å²) in [5.74, 6) is 0. The van der Waals surface area contributed by atoms with E-state index in [-0.39, 0.29) is 12.2 Å². The Labute approximate surface area is 128 Å². The molecule has 2 aromatic rings. The lowest BCUT2D eigenvalue weighted by Crippen LogP contribution is -2.32. The summed E-state index contributed by atoms with van der Waals surface area (Å²) < 4.78 is 37.2. The summed E-state index contributed by atoms with van der Waals surface area (Å²) in [6.07, 6.45) is -5.24. The van der Waals surface area contributed by atoms with Crippen LogP contribution in [0.5, 0.6) is 0 Å². The number of alkyl halides is 3. The van der Waals surface area contributed by atoms with E-state index in [1.807, 2.05) is 0 Å². The SMILES string of the molecule is O=C(NC[C@@H](O)c1ccsc1)Nc1ccc(C(F)(F)F)cc1. The number of carbonyl (C=O) groups excluding carboxylic acids is 1. The zero-order valence-electron chi connectivity index (χ0n) is 11.2. The van der Waals surface area contributed by atoms with Gasteiger partial charge in [-0.2, -0.15) is 24.5 Å². The Kier molecular flexibility index (Phi) is 5.04. The molecule has 0 saturated heterocycles. The van der Waals surface area contributed by atoms with Crippen molar-refractivity contribution in [2.45, 2.75) is 12.3 Å². The molecule has 1 aromatic carbocycles. The lowest BCUT2D eigenvalue weighted by Gasteiger charge is -2.12. The fourth-order valence-corrected chi connectivity index (χ4v) is 2.40. The van der Waals surface area contributed by atoms with Gasteiger partial charge >= 0.3 is 12.2 Å². The molecule has 3 N–H and O–H groups in total. The van der Waals surface area contributed by atoms with E-state index < -0.39 is 23.9 Å². The topological polar surface area (TPSA) is 61.4 Å². The Morgan fingerprint density at radius 1 is 1.23 bits per heavy atom. The molecular formula is C14H13F3N2O2S. The number of halogens is 3. The molecule has 0 aliphatic heterocycles. The summed E-state index contributed by atoms with van der Waals surface area (Å²) >= 11 is 1.43. The zero-order valence-corrected chi connectivity index (χ0v) is 12.0. The van der Waals surface area contributed by atoms with Crippen molar-refractivity contribution in [3.8, 4) is 0 Å². The van der Waals surface area contributed by atoms with E-state index in [0.717, 1.165) is 24.3 Å². The average Bonchev–Trinajstić information content (AvgIpc) is 2.98. The molecule has 0 saturated carbocycles. The molecule has 2 rings (SSSR count). The summed E-state index contributed by atoms with van der Waals surface area (Å²) in [5.41, 5.74) is 0.140. The fourth-order valence-electron chi connectivity index (χ4n) is 1.69. The van der Waals surface area contributed by atoms with Gasteiger partial charge in [0, 0.05) is 12.2 Å². The van der Waals surface area contributed by atoms with Crippen molar-refractivity contribution in [3.05, 3.63) is 52.2 Å².